The number of benzene rings is 2. The first-order valence-corrected chi connectivity index (χ1v) is 7.93. The van der Waals surface area contributed by atoms with Crippen LogP contribution >= 0.6 is 15.9 Å². The van der Waals surface area contributed by atoms with E-state index in [1.54, 1.807) is 32.4 Å². The summed E-state index contributed by atoms with van der Waals surface area (Å²) in [5.74, 6) is 1.22. The molecule has 0 saturated carbocycles. The zero-order chi connectivity index (χ0) is 16.7. The summed E-state index contributed by atoms with van der Waals surface area (Å²) in [6.45, 7) is 0.548. The monoisotopic (exact) mass is 378 g/mol. The molecule has 0 aliphatic rings. The number of carbonyl (C=O) groups excluding carboxylic acids is 1. The Balaban J connectivity index is 1.86. The van der Waals surface area contributed by atoms with E-state index in [2.05, 4.69) is 26.6 Å². The van der Waals surface area contributed by atoms with Crippen molar-refractivity contribution >= 4 is 27.6 Å². The molecule has 0 aromatic heterocycles. The van der Waals surface area contributed by atoms with Crippen LogP contribution in [-0.2, 0) is 6.42 Å². The molecule has 5 nitrogen and oxygen atoms in total. The molecule has 0 unspecified atom stereocenters. The number of carbonyl (C=O) groups is 1. The summed E-state index contributed by atoms with van der Waals surface area (Å²) in [7, 11) is 3.13. The van der Waals surface area contributed by atoms with Gasteiger partial charge in [0.15, 0.2) is 0 Å². The lowest BCUT2D eigenvalue weighted by Gasteiger charge is -2.12. The van der Waals surface area contributed by atoms with Crippen molar-refractivity contribution in [3.63, 3.8) is 0 Å². The van der Waals surface area contributed by atoms with E-state index in [-0.39, 0.29) is 6.03 Å². The molecule has 0 aliphatic carbocycles. The minimum atomic E-state index is -0.273. The topological polar surface area (TPSA) is 59.6 Å². The molecule has 2 aromatic rings. The zero-order valence-corrected chi connectivity index (χ0v) is 14.6. The van der Waals surface area contributed by atoms with Gasteiger partial charge >= 0.3 is 6.03 Å². The van der Waals surface area contributed by atoms with Gasteiger partial charge in [0, 0.05) is 17.1 Å². The van der Waals surface area contributed by atoms with E-state index >= 15 is 0 Å². The van der Waals surface area contributed by atoms with Crippen molar-refractivity contribution in [1.82, 2.24) is 5.32 Å². The normalized spacial score (nSPS) is 10.0. The third kappa shape index (κ3) is 5.17. The summed E-state index contributed by atoms with van der Waals surface area (Å²) in [6.07, 6.45) is 0.764. The minimum absolute atomic E-state index is 0.273. The van der Waals surface area contributed by atoms with Crippen LogP contribution in [0.1, 0.15) is 5.56 Å². The Bertz CT molecular complexity index is 659. The second-order valence-electron chi connectivity index (χ2n) is 4.82. The van der Waals surface area contributed by atoms with Crippen molar-refractivity contribution < 1.29 is 14.3 Å². The summed E-state index contributed by atoms with van der Waals surface area (Å²) < 4.78 is 11.4. The maximum absolute atomic E-state index is 12.0. The van der Waals surface area contributed by atoms with E-state index in [0.717, 1.165) is 16.5 Å². The van der Waals surface area contributed by atoms with Crippen LogP contribution in [-0.4, -0.2) is 26.8 Å². The number of nitrogens with one attached hydrogen (secondary N) is 2. The molecule has 2 aromatic carbocycles. The predicted molar refractivity (Wildman–Crippen MR) is 94.4 cm³/mol. The molecule has 2 rings (SSSR count). The first kappa shape index (κ1) is 17.1. The van der Waals surface area contributed by atoms with Gasteiger partial charge in [0.2, 0.25) is 0 Å². The van der Waals surface area contributed by atoms with Crippen LogP contribution in [0, 0.1) is 0 Å². The highest BCUT2D eigenvalue weighted by Crippen LogP contribution is 2.28. The van der Waals surface area contributed by atoms with E-state index in [0.29, 0.717) is 23.7 Å². The number of urea groups is 1. The quantitative estimate of drug-likeness (QED) is 0.802. The van der Waals surface area contributed by atoms with E-state index < -0.39 is 0 Å². The average Bonchev–Trinajstić information content (AvgIpc) is 2.57. The molecule has 0 bridgehead atoms. The lowest BCUT2D eigenvalue weighted by atomic mass is 10.1. The number of anilines is 1. The number of amides is 2. The highest BCUT2D eigenvalue weighted by Gasteiger charge is 2.08. The van der Waals surface area contributed by atoms with Gasteiger partial charge in [0.1, 0.15) is 11.5 Å². The Morgan fingerprint density at radius 3 is 2.48 bits per heavy atom. The lowest BCUT2D eigenvalue weighted by molar-refractivity contribution is 0.252. The van der Waals surface area contributed by atoms with Gasteiger partial charge in [-0.1, -0.05) is 28.1 Å². The Labute approximate surface area is 144 Å². The molecule has 122 valence electrons. The second kappa shape index (κ2) is 8.43. The summed E-state index contributed by atoms with van der Waals surface area (Å²) in [4.78, 5) is 12.0. The van der Waals surface area contributed by atoms with Crippen molar-refractivity contribution in [2.45, 2.75) is 6.42 Å². The van der Waals surface area contributed by atoms with E-state index in [4.69, 9.17) is 9.47 Å². The van der Waals surface area contributed by atoms with Crippen LogP contribution in [0.25, 0.3) is 0 Å². The molecule has 0 saturated heterocycles. The van der Waals surface area contributed by atoms with Crippen molar-refractivity contribution in [3.8, 4) is 11.5 Å². The molecule has 0 fully saturated rings. The first-order chi connectivity index (χ1) is 11.1. The number of methoxy groups -OCH3 is 2. The molecule has 0 spiro atoms. The fourth-order valence-corrected chi connectivity index (χ4v) is 2.30. The van der Waals surface area contributed by atoms with Crippen molar-refractivity contribution in [2.75, 3.05) is 26.1 Å². The predicted octanol–water partition coefficient (Wildman–Crippen LogP) is 3.83. The maximum Gasteiger partial charge on any atom is 0.319 e. The zero-order valence-electron chi connectivity index (χ0n) is 13.1. The standard InChI is InChI=1S/C17H19BrN2O3/c1-22-14-7-8-15(16(11-14)23-2)20-17(21)19-10-9-12-3-5-13(18)6-4-12/h3-8,11H,9-10H2,1-2H3,(H2,19,20,21). The molecule has 2 N–H and O–H groups in total. The molecule has 6 heteroatoms. The van der Waals surface area contributed by atoms with Gasteiger partial charge in [-0.05, 0) is 36.2 Å². The van der Waals surface area contributed by atoms with Crippen LogP contribution in [0.3, 0.4) is 0 Å². The SMILES string of the molecule is COc1ccc(NC(=O)NCCc2ccc(Br)cc2)c(OC)c1. The van der Waals surface area contributed by atoms with Gasteiger partial charge in [0.25, 0.3) is 0 Å². The van der Waals surface area contributed by atoms with Crippen LogP contribution in [0.15, 0.2) is 46.9 Å². The minimum Gasteiger partial charge on any atom is -0.497 e. The second-order valence-corrected chi connectivity index (χ2v) is 5.74. The summed E-state index contributed by atoms with van der Waals surface area (Å²) in [5, 5.41) is 5.60. The molecule has 0 aliphatic heterocycles. The van der Waals surface area contributed by atoms with Gasteiger partial charge in [-0.25, -0.2) is 4.79 Å². The first-order valence-electron chi connectivity index (χ1n) is 7.13. The maximum atomic E-state index is 12.0. The average molecular weight is 379 g/mol. The molecule has 23 heavy (non-hydrogen) atoms. The lowest BCUT2D eigenvalue weighted by Crippen LogP contribution is -2.30. The Hall–Kier alpha value is -2.21. The Kier molecular flexibility index (Phi) is 6.29. The largest absolute Gasteiger partial charge is 0.497 e. The molecule has 0 heterocycles. The molecule has 0 atom stereocenters. The van der Waals surface area contributed by atoms with Gasteiger partial charge < -0.3 is 20.1 Å². The third-order valence-electron chi connectivity index (χ3n) is 3.27. The van der Waals surface area contributed by atoms with Gasteiger partial charge in [-0.15, -0.1) is 0 Å². The van der Waals surface area contributed by atoms with Crippen molar-refractivity contribution in [1.29, 1.82) is 0 Å². The van der Waals surface area contributed by atoms with E-state index in [9.17, 15) is 4.79 Å². The van der Waals surface area contributed by atoms with E-state index in [1.165, 1.54) is 0 Å². The van der Waals surface area contributed by atoms with Crippen LogP contribution in [0.2, 0.25) is 0 Å². The van der Waals surface area contributed by atoms with Crippen LogP contribution < -0.4 is 20.1 Å². The van der Waals surface area contributed by atoms with Crippen molar-refractivity contribution in [3.05, 3.63) is 52.5 Å². The number of halogens is 1. The van der Waals surface area contributed by atoms with Gasteiger partial charge in [-0.2, -0.15) is 0 Å². The highest BCUT2D eigenvalue weighted by molar-refractivity contribution is 9.10. The fourth-order valence-electron chi connectivity index (χ4n) is 2.04. The number of rotatable bonds is 6. The fraction of sp³-hybridized carbons (Fsp3) is 0.235. The van der Waals surface area contributed by atoms with Gasteiger partial charge in [-0.3, -0.25) is 0 Å². The third-order valence-corrected chi connectivity index (χ3v) is 3.80. The van der Waals surface area contributed by atoms with E-state index in [1.807, 2.05) is 24.3 Å². The Morgan fingerprint density at radius 1 is 1.09 bits per heavy atom. The summed E-state index contributed by atoms with van der Waals surface area (Å²) >= 11 is 3.40. The molecule has 2 amide bonds. The number of hydrogen-bond donors (Lipinski definition) is 2. The van der Waals surface area contributed by atoms with Crippen molar-refractivity contribution in [2.24, 2.45) is 0 Å². The van der Waals surface area contributed by atoms with Gasteiger partial charge in [0.05, 0.1) is 19.9 Å². The van der Waals surface area contributed by atoms with Crippen LogP contribution in [0.4, 0.5) is 10.5 Å². The Morgan fingerprint density at radius 2 is 1.83 bits per heavy atom. The van der Waals surface area contributed by atoms with Crippen LogP contribution in [0.5, 0.6) is 11.5 Å². The summed E-state index contributed by atoms with van der Waals surface area (Å²) in [5.41, 5.74) is 1.75. The number of ether oxygens (including phenoxy) is 2. The highest BCUT2D eigenvalue weighted by atomic mass is 79.9. The number of hydrogen-bond acceptors (Lipinski definition) is 3. The molecular formula is C17H19BrN2O3. The molecule has 0 radical (unpaired) electrons. The summed E-state index contributed by atoms with van der Waals surface area (Å²) in [6, 6.07) is 13.0. The smallest absolute Gasteiger partial charge is 0.319 e. The molecular weight excluding hydrogens is 360 g/mol.